The number of rotatable bonds is 4. The fourth-order valence-corrected chi connectivity index (χ4v) is 0.408. The molecule has 0 bridgehead atoms. The molecule has 0 atom stereocenters. The summed E-state index contributed by atoms with van der Waals surface area (Å²) in [7, 11) is 2.55. The minimum atomic E-state index is -0.398. The third-order valence-corrected chi connectivity index (χ3v) is 1.49. The Morgan fingerprint density at radius 2 is 1.20 bits per heavy atom. The normalized spacial score (nSPS) is 8.27. The van der Waals surface area contributed by atoms with Gasteiger partial charge < -0.3 is 14.3 Å². The van der Waals surface area contributed by atoms with Gasteiger partial charge in [-0.25, -0.2) is 0 Å². The Bertz CT molecular complexity index is 194. The monoisotopic (exact) mass is 218 g/mol. The number of esters is 2. The Hall–Kier alpha value is -1.39. The van der Waals surface area contributed by atoms with Crippen molar-refractivity contribution < 1.29 is 23.9 Å². The van der Waals surface area contributed by atoms with Crippen LogP contribution in [0.4, 0.5) is 0 Å². The van der Waals surface area contributed by atoms with Crippen LogP contribution in [0.25, 0.3) is 0 Å². The van der Waals surface area contributed by atoms with Crippen LogP contribution in [-0.4, -0.2) is 31.9 Å². The van der Waals surface area contributed by atoms with Crippen molar-refractivity contribution >= 4 is 17.7 Å². The molecule has 0 fully saturated rings. The Labute approximate surface area is 89.7 Å². The molecule has 0 aromatic heterocycles. The van der Waals surface area contributed by atoms with E-state index in [-0.39, 0.29) is 18.6 Å². The summed E-state index contributed by atoms with van der Waals surface area (Å²) in [5, 5.41) is 0. The summed E-state index contributed by atoms with van der Waals surface area (Å²) in [6.07, 6.45) is 0.840. The number of hydrogen-bond acceptors (Lipinski definition) is 5. The van der Waals surface area contributed by atoms with Crippen molar-refractivity contribution in [1.29, 1.82) is 0 Å². The number of ether oxygens (including phenoxy) is 2. The summed E-state index contributed by atoms with van der Waals surface area (Å²) >= 11 is 0. The smallest absolute Gasteiger partial charge is 0.306 e. The number of methoxy groups -OCH3 is 2. The molecule has 0 saturated carbocycles. The molecule has 0 amide bonds. The van der Waals surface area contributed by atoms with Gasteiger partial charge in [-0.2, -0.15) is 0 Å². The predicted octanol–water partition coefficient (Wildman–Crippen LogP) is 1.10. The molecule has 0 aliphatic rings. The van der Waals surface area contributed by atoms with E-state index in [1.807, 2.05) is 6.92 Å². The lowest BCUT2D eigenvalue weighted by Crippen LogP contribution is -2.06. The first kappa shape index (κ1) is 16.1. The maximum absolute atomic E-state index is 10.4. The van der Waals surface area contributed by atoms with Gasteiger partial charge in [-0.05, 0) is 6.92 Å². The maximum atomic E-state index is 10.4. The third kappa shape index (κ3) is 15.4. The topological polar surface area (TPSA) is 69.7 Å². The minimum Gasteiger partial charge on any atom is -0.469 e. The first-order chi connectivity index (χ1) is 6.97. The van der Waals surface area contributed by atoms with Gasteiger partial charge in [-0.1, -0.05) is 6.92 Å². The molecule has 5 nitrogen and oxygen atoms in total. The SMILES string of the molecule is CCC(C)=O.COC(=O)CCC(=O)OC. The fourth-order valence-electron chi connectivity index (χ4n) is 0.408. The van der Waals surface area contributed by atoms with Crippen molar-refractivity contribution in [3.8, 4) is 0 Å². The van der Waals surface area contributed by atoms with Gasteiger partial charge in [-0.3, -0.25) is 9.59 Å². The van der Waals surface area contributed by atoms with E-state index in [2.05, 4.69) is 9.47 Å². The molecule has 0 aliphatic carbocycles. The highest BCUT2D eigenvalue weighted by atomic mass is 16.5. The number of carbonyl (C=O) groups is 3. The summed E-state index contributed by atoms with van der Waals surface area (Å²) in [6.45, 7) is 3.43. The summed E-state index contributed by atoms with van der Waals surface area (Å²) in [5.74, 6) is -0.541. The van der Waals surface area contributed by atoms with E-state index in [9.17, 15) is 14.4 Å². The average molecular weight is 218 g/mol. The standard InChI is InChI=1S/C6H10O4.C4H8O/c1-9-5(7)3-4-6(8)10-2;1-3-4(2)5/h3-4H2,1-2H3;3H2,1-2H3. The largest absolute Gasteiger partial charge is 0.469 e. The van der Waals surface area contributed by atoms with Gasteiger partial charge in [0.1, 0.15) is 5.78 Å². The number of ketones is 1. The van der Waals surface area contributed by atoms with E-state index in [4.69, 9.17) is 0 Å². The summed E-state index contributed by atoms with van der Waals surface area (Å²) in [6, 6.07) is 0. The van der Waals surface area contributed by atoms with Crippen LogP contribution in [0.1, 0.15) is 33.1 Å². The van der Waals surface area contributed by atoms with Crippen molar-refractivity contribution in [2.75, 3.05) is 14.2 Å². The second kappa shape index (κ2) is 10.7. The highest BCUT2D eigenvalue weighted by Crippen LogP contribution is 1.92. The molecule has 0 saturated heterocycles. The van der Waals surface area contributed by atoms with Gasteiger partial charge in [0.15, 0.2) is 0 Å². The molecule has 88 valence electrons. The van der Waals surface area contributed by atoms with Gasteiger partial charge >= 0.3 is 11.9 Å². The number of hydrogen-bond donors (Lipinski definition) is 0. The molecule has 0 rings (SSSR count). The molecule has 0 aromatic rings. The lowest BCUT2D eigenvalue weighted by Gasteiger charge is -1.96. The fraction of sp³-hybridized carbons (Fsp3) is 0.700. The van der Waals surface area contributed by atoms with E-state index < -0.39 is 11.9 Å². The van der Waals surface area contributed by atoms with E-state index in [0.29, 0.717) is 6.42 Å². The lowest BCUT2D eigenvalue weighted by molar-refractivity contribution is -0.147. The molecule has 0 unspecified atom stereocenters. The van der Waals surface area contributed by atoms with E-state index in [1.165, 1.54) is 14.2 Å². The van der Waals surface area contributed by atoms with Crippen LogP contribution in [0.3, 0.4) is 0 Å². The first-order valence-corrected chi connectivity index (χ1v) is 4.60. The average Bonchev–Trinajstić information content (AvgIpc) is 2.25. The van der Waals surface area contributed by atoms with Crippen molar-refractivity contribution in [3.05, 3.63) is 0 Å². The Balaban J connectivity index is 0. The van der Waals surface area contributed by atoms with E-state index in [1.54, 1.807) is 6.92 Å². The van der Waals surface area contributed by atoms with Crippen LogP contribution in [-0.2, 0) is 23.9 Å². The second-order valence-electron chi connectivity index (χ2n) is 2.71. The number of Topliss-reactive ketones (excluding diaryl/α,β-unsaturated/α-hetero) is 1. The van der Waals surface area contributed by atoms with Crippen LogP contribution < -0.4 is 0 Å². The van der Waals surface area contributed by atoms with Crippen LogP contribution >= 0.6 is 0 Å². The molecule has 0 spiro atoms. The van der Waals surface area contributed by atoms with Crippen molar-refractivity contribution in [3.63, 3.8) is 0 Å². The molecule has 0 N–H and O–H groups in total. The van der Waals surface area contributed by atoms with Crippen LogP contribution in [0.15, 0.2) is 0 Å². The third-order valence-electron chi connectivity index (χ3n) is 1.49. The van der Waals surface area contributed by atoms with Gasteiger partial charge in [0.2, 0.25) is 0 Å². The van der Waals surface area contributed by atoms with Crippen molar-refractivity contribution in [2.24, 2.45) is 0 Å². The molecular weight excluding hydrogens is 200 g/mol. The lowest BCUT2D eigenvalue weighted by atomic mass is 10.3. The summed E-state index contributed by atoms with van der Waals surface area (Å²) < 4.78 is 8.60. The minimum absolute atomic E-state index is 0.0865. The predicted molar refractivity (Wildman–Crippen MR) is 54.2 cm³/mol. The van der Waals surface area contributed by atoms with Crippen LogP contribution in [0.5, 0.6) is 0 Å². The van der Waals surface area contributed by atoms with E-state index >= 15 is 0 Å². The zero-order valence-electron chi connectivity index (χ0n) is 9.66. The van der Waals surface area contributed by atoms with Crippen LogP contribution in [0, 0.1) is 0 Å². The zero-order valence-corrected chi connectivity index (χ0v) is 9.66. The summed E-state index contributed by atoms with van der Waals surface area (Å²) in [4.78, 5) is 30.6. The van der Waals surface area contributed by atoms with Crippen LogP contribution in [0.2, 0.25) is 0 Å². The molecule has 0 aliphatic heterocycles. The molecule has 5 heteroatoms. The molecule has 0 radical (unpaired) electrons. The highest BCUT2D eigenvalue weighted by molar-refractivity contribution is 5.77. The van der Waals surface area contributed by atoms with Crippen molar-refractivity contribution in [1.82, 2.24) is 0 Å². The first-order valence-electron chi connectivity index (χ1n) is 4.60. The van der Waals surface area contributed by atoms with E-state index in [0.717, 1.165) is 0 Å². The molecular formula is C10H18O5. The van der Waals surface area contributed by atoms with Crippen molar-refractivity contribution in [2.45, 2.75) is 33.1 Å². The molecule has 15 heavy (non-hydrogen) atoms. The number of carbonyl (C=O) groups excluding carboxylic acids is 3. The van der Waals surface area contributed by atoms with Gasteiger partial charge in [0, 0.05) is 6.42 Å². The molecule has 0 aromatic carbocycles. The Morgan fingerprint density at radius 3 is 1.33 bits per heavy atom. The second-order valence-corrected chi connectivity index (χ2v) is 2.71. The Kier molecular flexibility index (Phi) is 11.4. The molecule has 0 heterocycles. The highest BCUT2D eigenvalue weighted by Gasteiger charge is 2.04. The zero-order chi connectivity index (χ0) is 12.3. The van der Waals surface area contributed by atoms with Gasteiger partial charge in [0.25, 0.3) is 0 Å². The Morgan fingerprint density at radius 1 is 0.933 bits per heavy atom. The van der Waals surface area contributed by atoms with Gasteiger partial charge in [0.05, 0.1) is 27.1 Å². The van der Waals surface area contributed by atoms with Gasteiger partial charge in [-0.15, -0.1) is 0 Å². The summed E-state index contributed by atoms with van der Waals surface area (Å²) in [5.41, 5.74) is 0. The quantitative estimate of drug-likeness (QED) is 0.661. The maximum Gasteiger partial charge on any atom is 0.306 e.